The predicted molar refractivity (Wildman–Crippen MR) is 277 cm³/mol. The Labute approximate surface area is 440 Å². The second-order valence-electron chi connectivity index (χ2n) is 18.5. The summed E-state index contributed by atoms with van der Waals surface area (Å²) in [5.74, 6) is -5.34. The van der Waals surface area contributed by atoms with Gasteiger partial charge in [-0.1, -0.05) is 56.3 Å². The fourth-order valence-electron chi connectivity index (χ4n) is 9.82. The van der Waals surface area contributed by atoms with Crippen LogP contribution in [-0.4, -0.2) is 106 Å². The number of cyclic esters (lactones) is 1. The average Bonchev–Trinajstić information content (AvgIpc) is 3.99. The number of hydrogen-bond donors (Lipinski definition) is 7. The molecule has 398 valence electrons. The number of pyridine rings is 2. The molecule has 0 bridgehead atoms. The van der Waals surface area contributed by atoms with Crippen LogP contribution in [0.5, 0.6) is 0 Å². The molecule has 4 aliphatic rings. The van der Waals surface area contributed by atoms with Crippen LogP contribution in [-0.2, 0) is 80.2 Å². The Hall–Kier alpha value is -7.82. The van der Waals surface area contributed by atoms with E-state index >= 15 is 4.39 Å². The van der Waals surface area contributed by atoms with Crippen molar-refractivity contribution in [1.29, 1.82) is 0 Å². The fourth-order valence-corrected chi connectivity index (χ4v) is 10.1. The second kappa shape index (κ2) is 23.8. The van der Waals surface area contributed by atoms with Gasteiger partial charge in [0.25, 0.3) is 5.56 Å². The number of ether oxygens (including phenoxy) is 2. The van der Waals surface area contributed by atoms with Gasteiger partial charge >= 0.3 is 5.97 Å². The molecule has 0 radical (unpaired) electrons. The Morgan fingerprint density at radius 1 is 0.868 bits per heavy atom. The number of benzene rings is 3. The number of esters is 1. The van der Waals surface area contributed by atoms with Crippen LogP contribution in [0.2, 0.25) is 0 Å². The minimum atomic E-state index is -1.64. The lowest BCUT2D eigenvalue weighted by molar-refractivity contribution is -0.157. The lowest BCUT2D eigenvalue weighted by atomic mass is 9.78. The molecule has 1 fully saturated rings. The minimum absolute atomic E-state index is 0.0217. The van der Waals surface area contributed by atoms with E-state index in [0.717, 1.165) is 32.5 Å². The van der Waals surface area contributed by atoms with Crippen LogP contribution >= 0.6 is 12.6 Å². The molecule has 3 aliphatic heterocycles. The van der Waals surface area contributed by atoms with Crippen LogP contribution in [0, 0.1) is 12.7 Å². The summed E-state index contributed by atoms with van der Waals surface area (Å²) in [6.07, 6.45) is -0.142. The number of aromatic nitrogens is 2. The molecule has 20 nitrogen and oxygen atoms in total. The van der Waals surface area contributed by atoms with Gasteiger partial charge < -0.3 is 45.7 Å². The number of carbonyl (C=O) groups excluding carboxylic acids is 8. The Morgan fingerprint density at radius 2 is 1.57 bits per heavy atom. The van der Waals surface area contributed by atoms with Gasteiger partial charge in [-0.05, 0) is 72.2 Å². The van der Waals surface area contributed by atoms with Crippen molar-refractivity contribution in [2.24, 2.45) is 0 Å². The molecule has 1 aliphatic carbocycles. The van der Waals surface area contributed by atoms with Crippen LogP contribution in [0.15, 0.2) is 71.5 Å². The number of anilines is 1. The van der Waals surface area contributed by atoms with Crippen molar-refractivity contribution in [3.63, 3.8) is 0 Å². The molecule has 7 amide bonds. The van der Waals surface area contributed by atoms with Crippen molar-refractivity contribution in [1.82, 2.24) is 36.1 Å². The zero-order chi connectivity index (χ0) is 54.4. The maximum atomic E-state index is 15.3. The molecule has 4 unspecified atom stereocenters. The number of aliphatic hydroxyl groups excluding tert-OH is 1. The zero-order valence-electron chi connectivity index (χ0n) is 42.0. The molecule has 76 heavy (non-hydrogen) atoms. The Balaban J connectivity index is 0.00000378. The van der Waals surface area contributed by atoms with Crippen molar-refractivity contribution < 1.29 is 57.3 Å². The zero-order valence-corrected chi connectivity index (χ0v) is 42.9. The highest BCUT2D eigenvalue weighted by Gasteiger charge is 2.39. The number of nitrogens with one attached hydrogen (secondary N) is 5. The van der Waals surface area contributed by atoms with E-state index in [-0.39, 0.29) is 68.7 Å². The smallest absolute Gasteiger partial charge is 0.340 e. The van der Waals surface area contributed by atoms with Gasteiger partial charge in [0.15, 0.2) is 6.10 Å². The number of carbonyl (C=O) groups is 8. The fraction of sp³-hybridized carbons (Fsp3) is 0.370. The first-order valence-electron chi connectivity index (χ1n) is 24.9. The number of aliphatic hydroxyl groups is 1. The second-order valence-corrected chi connectivity index (χ2v) is 19.1. The number of thiol groups is 1. The first-order chi connectivity index (χ1) is 36.6. The van der Waals surface area contributed by atoms with E-state index in [9.17, 15) is 48.3 Å². The van der Waals surface area contributed by atoms with Gasteiger partial charge in [0.1, 0.15) is 25.2 Å². The van der Waals surface area contributed by atoms with Crippen molar-refractivity contribution in [3.05, 3.63) is 127 Å². The van der Waals surface area contributed by atoms with Gasteiger partial charge in [-0.25, -0.2) is 19.1 Å². The maximum Gasteiger partial charge on any atom is 0.340 e. The van der Waals surface area contributed by atoms with E-state index in [0.29, 0.717) is 53.0 Å². The molecule has 5 heterocycles. The van der Waals surface area contributed by atoms with Gasteiger partial charge in [-0.15, -0.1) is 0 Å². The number of rotatable bonds is 18. The molecule has 5 aromatic rings. The van der Waals surface area contributed by atoms with E-state index < -0.39 is 89.8 Å². The maximum absolute atomic E-state index is 15.3. The van der Waals surface area contributed by atoms with Gasteiger partial charge in [-0.2, -0.15) is 12.6 Å². The van der Waals surface area contributed by atoms with Crippen LogP contribution in [0.25, 0.3) is 22.3 Å². The number of amides is 7. The Morgan fingerprint density at radius 3 is 2.29 bits per heavy atom. The molecule has 9 rings (SSSR count). The monoisotopic (exact) mass is 1060 g/mol. The molecule has 1 saturated heterocycles. The summed E-state index contributed by atoms with van der Waals surface area (Å²) < 4.78 is 27.8. The first kappa shape index (κ1) is 54.4. The molecule has 0 saturated carbocycles. The molecule has 3 aromatic carbocycles. The SMILES string of the molecule is CC.Cc1c(F)cc2nc3c(c4c2c1CCC4COCNC(=O)CNC(=O)C(Cc1ccccc1)NC(=O)CNC(=O)CNC(=O)CCc1ccc(N2C(=O)CC(S)C2=O)cc1)Cn1c-3cc2c(c1=O)COC(=O)C2O. The molecule has 6 N–H and O–H groups in total. The van der Waals surface area contributed by atoms with Crippen LogP contribution in [0.1, 0.15) is 89.6 Å². The number of aryl methyl sites for hydroxylation is 2. The number of nitrogens with zero attached hydrogens (tertiary/aromatic N) is 3. The van der Waals surface area contributed by atoms with Crippen molar-refractivity contribution in [2.45, 2.75) is 95.8 Å². The summed E-state index contributed by atoms with van der Waals surface area (Å²) in [4.78, 5) is 121. The van der Waals surface area contributed by atoms with E-state index in [2.05, 4.69) is 39.2 Å². The van der Waals surface area contributed by atoms with Gasteiger partial charge in [0.2, 0.25) is 41.4 Å². The molecular formula is C54H57FN8O12S. The number of imide groups is 1. The first-order valence-corrected chi connectivity index (χ1v) is 25.5. The summed E-state index contributed by atoms with van der Waals surface area (Å²) in [6.45, 7) is 4.05. The van der Waals surface area contributed by atoms with E-state index in [1.807, 2.05) is 13.8 Å². The predicted octanol–water partition coefficient (Wildman–Crippen LogP) is 2.38. The number of hydrogen-bond acceptors (Lipinski definition) is 14. The highest BCUT2D eigenvalue weighted by Crippen LogP contribution is 2.46. The largest absolute Gasteiger partial charge is 0.458 e. The number of halogens is 1. The van der Waals surface area contributed by atoms with Gasteiger partial charge in [0, 0.05) is 47.8 Å². The minimum Gasteiger partial charge on any atom is -0.458 e. The molecule has 0 spiro atoms. The summed E-state index contributed by atoms with van der Waals surface area (Å²) in [5, 5.41) is 23.4. The molecule has 22 heteroatoms. The Bertz CT molecular complexity index is 3210. The lowest BCUT2D eigenvalue weighted by Crippen LogP contribution is -2.52. The van der Waals surface area contributed by atoms with Crippen molar-refractivity contribution in [3.8, 4) is 11.4 Å². The third kappa shape index (κ3) is 11.7. The molecule has 2 aromatic heterocycles. The van der Waals surface area contributed by atoms with Crippen LogP contribution < -0.4 is 37.0 Å². The standard InChI is InChI=1S/C52H51FN8O12S.C2H6/c1-26-31-13-10-29(45-33-22-60-38(47(33)59-36(46(31)45)17-35(26)53)16-32-34(50(60)69)24-73-52(71)48(32)67)23-72-25-57-42(64)20-56-49(68)37(15-28-5-3-2-4-6-28)58-43(65)21-55-41(63)19-54-40(62)14-9-27-7-11-30(12-8-27)61-44(66)18-39(74)51(61)70;1-2/h2-8,11-12,16-17,29,37,39,48,67,74H,9-10,13-15,18-25H2,1H3,(H,54,62)(H,55,63)(H,56,68)(H,57,64)(H,58,65);1-2H3. The molecular weight excluding hydrogens is 1000 g/mol. The van der Waals surface area contributed by atoms with E-state index in [1.54, 1.807) is 67.6 Å². The van der Waals surface area contributed by atoms with Crippen molar-refractivity contribution in [2.75, 3.05) is 37.9 Å². The van der Waals surface area contributed by atoms with E-state index in [1.165, 1.54) is 10.6 Å². The summed E-state index contributed by atoms with van der Waals surface area (Å²) in [7, 11) is 0. The normalized spacial score (nSPS) is 17.3. The third-order valence-corrected chi connectivity index (χ3v) is 14.1. The Kier molecular flexibility index (Phi) is 17.1. The van der Waals surface area contributed by atoms with Gasteiger partial charge in [0.05, 0.1) is 66.2 Å². The molecule has 4 atom stereocenters. The topological polar surface area (TPSA) is 274 Å². The lowest BCUT2D eigenvalue weighted by Gasteiger charge is -2.29. The van der Waals surface area contributed by atoms with Gasteiger partial charge in [-0.3, -0.25) is 38.4 Å². The highest BCUT2D eigenvalue weighted by molar-refractivity contribution is 7.82. The van der Waals surface area contributed by atoms with Crippen molar-refractivity contribution >= 4 is 76.5 Å². The summed E-state index contributed by atoms with van der Waals surface area (Å²) in [5.41, 5.74) is 5.82. The third-order valence-electron chi connectivity index (χ3n) is 13.7. The van der Waals surface area contributed by atoms with Crippen LogP contribution in [0.3, 0.4) is 0 Å². The van der Waals surface area contributed by atoms with E-state index in [4.69, 9.17) is 14.5 Å². The van der Waals surface area contributed by atoms with Crippen LogP contribution in [0.4, 0.5) is 10.1 Å². The summed E-state index contributed by atoms with van der Waals surface area (Å²) in [6, 6.07) is 17.2. The highest BCUT2D eigenvalue weighted by atomic mass is 32.1. The summed E-state index contributed by atoms with van der Waals surface area (Å²) >= 11 is 4.14. The quantitative estimate of drug-likeness (QED) is 0.0215. The average molecular weight is 1060 g/mol. The number of fused-ring (bicyclic) bond motifs is 5.